The average molecular weight is 259 g/mol. The maximum atomic E-state index is 11.5. The molecule has 1 atom stereocenters. The van der Waals surface area contributed by atoms with Crippen LogP contribution in [0.1, 0.15) is 32.3 Å². The largest absolute Gasteiger partial charge is 0.397 e. The van der Waals surface area contributed by atoms with Crippen molar-refractivity contribution in [3.8, 4) is 0 Å². The predicted octanol–water partition coefficient (Wildman–Crippen LogP) is 2.39. The Balaban J connectivity index is 1.97. The van der Waals surface area contributed by atoms with E-state index in [0.717, 1.165) is 29.2 Å². The number of amides is 1. The molecule has 1 unspecified atom stereocenters. The van der Waals surface area contributed by atoms with Gasteiger partial charge in [0.15, 0.2) is 0 Å². The van der Waals surface area contributed by atoms with Crippen molar-refractivity contribution in [2.24, 2.45) is 5.92 Å². The number of anilines is 3. The molecule has 0 aliphatic carbocycles. The molecule has 1 aromatic carbocycles. The van der Waals surface area contributed by atoms with Gasteiger partial charge in [0.2, 0.25) is 5.91 Å². The lowest BCUT2D eigenvalue weighted by Crippen LogP contribution is -2.33. The maximum absolute atomic E-state index is 11.5. The molecule has 2 heterocycles. The highest BCUT2D eigenvalue weighted by molar-refractivity contribution is 6.01. The topological polar surface area (TPSA) is 58.4 Å². The molecule has 1 fully saturated rings. The smallest absolute Gasteiger partial charge is 0.228 e. The minimum Gasteiger partial charge on any atom is -0.397 e. The number of nitrogens with zero attached hydrogens (tertiary/aromatic N) is 1. The molecule has 2 aliphatic heterocycles. The molecule has 19 heavy (non-hydrogen) atoms. The van der Waals surface area contributed by atoms with E-state index >= 15 is 0 Å². The second-order valence-electron chi connectivity index (χ2n) is 5.94. The van der Waals surface area contributed by atoms with E-state index in [2.05, 4.69) is 30.1 Å². The van der Waals surface area contributed by atoms with Crippen molar-refractivity contribution in [2.75, 3.05) is 22.5 Å². The number of nitrogens with two attached hydrogens (primary N) is 1. The van der Waals surface area contributed by atoms with Gasteiger partial charge in [-0.25, -0.2) is 0 Å². The summed E-state index contributed by atoms with van der Waals surface area (Å²) in [5, 5.41) is 2.91. The van der Waals surface area contributed by atoms with Gasteiger partial charge in [-0.2, -0.15) is 0 Å². The summed E-state index contributed by atoms with van der Waals surface area (Å²) in [6, 6.07) is 4.56. The fraction of sp³-hybridized carbons (Fsp3) is 0.533. The van der Waals surface area contributed by atoms with Gasteiger partial charge in [-0.15, -0.1) is 0 Å². The SMILES string of the molecule is CC(C)C1CCCN1c1cc2c(cc1N)CC(=O)N2. The third-order valence-electron chi connectivity index (χ3n) is 4.26. The Morgan fingerprint density at radius 2 is 2.21 bits per heavy atom. The molecule has 0 radical (unpaired) electrons. The van der Waals surface area contributed by atoms with Crippen LogP contribution in [0.25, 0.3) is 0 Å². The fourth-order valence-corrected chi connectivity index (χ4v) is 3.32. The van der Waals surface area contributed by atoms with Gasteiger partial charge < -0.3 is 16.0 Å². The zero-order valence-corrected chi connectivity index (χ0v) is 11.6. The number of nitrogen functional groups attached to an aromatic ring is 1. The van der Waals surface area contributed by atoms with E-state index in [1.807, 2.05) is 6.07 Å². The summed E-state index contributed by atoms with van der Waals surface area (Å²) in [5.41, 5.74) is 10.0. The minimum absolute atomic E-state index is 0.0633. The van der Waals surface area contributed by atoms with E-state index < -0.39 is 0 Å². The van der Waals surface area contributed by atoms with Crippen LogP contribution in [-0.2, 0) is 11.2 Å². The highest BCUT2D eigenvalue weighted by Gasteiger charge is 2.30. The molecule has 102 valence electrons. The number of benzene rings is 1. The highest BCUT2D eigenvalue weighted by Crippen LogP contribution is 2.38. The highest BCUT2D eigenvalue weighted by atomic mass is 16.1. The van der Waals surface area contributed by atoms with Crippen molar-refractivity contribution in [1.29, 1.82) is 0 Å². The van der Waals surface area contributed by atoms with Crippen LogP contribution < -0.4 is 16.0 Å². The lowest BCUT2D eigenvalue weighted by molar-refractivity contribution is -0.115. The molecule has 0 bridgehead atoms. The number of fused-ring (bicyclic) bond motifs is 1. The Bertz CT molecular complexity index is 524. The van der Waals surface area contributed by atoms with Gasteiger partial charge in [0.1, 0.15) is 0 Å². The summed E-state index contributed by atoms with van der Waals surface area (Å²) >= 11 is 0. The molecule has 1 saturated heterocycles. The van der Waals surface area contributed by atoms with Crippen molar-refractivity contribution in [1.82, 2.24) is 0 Å². The van der Waals surface area contributed by atoms with E-state index in [1.165, 1.54) is 12.8 Å². The van der Waals surface area contributed by atoms with Crippen LogP contribution in [0.3, 0.4) is 0 Å². The number of hydrogen-bond donors (Lipinski definition) is 2. The molecule has 3 rings (SSSR count). The third kappa shape index (κ3) is 2.05. The van der Waals surface area contributed by atoms with Crippen LogP contribution in [0.15, 0.2) is 12.1 Å². The summed E-state index contributed by atoms with van der Waals surface area (Å²) in [7, 11) is 0. The predicted molar refractivity (Wildman–Crippen MR) is 78.4 cm³/mol. The molecule has 0 spiro atoms. The van der Waals surface area contributed by atoms with E-state index in [-0.39, 0.29) is 5.91 Å². The zero-order valence-electron chi connectivity index (χ0n) is 11.6. The number of nitrogens with one attached hydrogen (secondary N) is 1. The summed E-state index contributed by atoms with van der Waals surface area (Å²) in [4.78, 5) is 13.9. The van der Waals surface area contributed by atoms with Gasteiger partial charge in [0.05, 0.1) is 17.8 Å². The first-order chi connectivity index (χ1) is 9.06. The maximum Gasteiger partial charge on any atom is 0.228 e. The molecule has 4 heteroatoms. The monoisotopic (exact) mass is 259 g/mol. The van der Waals surface area contributed by atoms with Crippen LogP contribution in [0.2, 0.25) is 0 Å². The molecule has 1 aromatic rings. The normalized spacial score (nSPS) is 21.9. The van der Waals surface area contributed by atoms with Crippen molar-refractivity contribution in [2.45, 2.75) is 39.2 Å². The third-order valence-corrected chi connectivity index (χ3v) is 4.26. The lowest BCUT2D eigenvalue weighted by Gasteiger charge is -2.31. The number of hydrogen-bond acceptors (Lipinski definition) is 3. The van der Waals surface area contributed by atoms with Crippen molar-refractivity contribution >= 4 is 23.0 Å². The standard InChI is InChI=1S/C15H21N3O/c1-9(2)13-4-3-5-18(13)14-8-12-10(6-11(14)16)7-15(19)17-12/h6,8-9,13H,3-5,7,16H2,1-2H3,(H,17,19). The Kier molecular flexibility index (Phi) is 2.88. The molecule has 0 saturated carbocycles. The van der Waals surface area contributed by atoms with Crippen LogP contribution in [0, 0.1) is 5.92 Å². The first-order valence-electron chi connectivity index (χ1n) is 7.05. The van der Waals surface area contributed by atoms with Crippen molar-refractivity contribution in [3.05, 3.63) is 17.7 Å². The summed E-state index contributed by atoms with van der Waals surface area (Å²) in [5.74, 6) is 0.679. The van der Waals surface area contributed by atoms with Gasteiger partial charge in [0, 0.05) is 18.3 Å². The van der Waals surface area contributed by atoms with Gasteiger partial charge in [-0.1, -0.05) is 13.8 Å². The molecule has 1 amide bonds. The molecular formula is C15H21N3O. The van der Waals surface area contributed by atoms with Gasteiger partial charge in [-0.3, -0.25) is 4.79 Å². The van der Waals surface area contributed by atoms with Crippen LogP contribution in [-0.4, -0.2) is 18.5 Å². The van der Waals surface area contributed by atoms with Gasteiger partial charge in [-0.05, 0) is 36.5 Å². The van der Waals surface area contributed by atoms with Crippen LogP contribution in [0.4, 0.5) is 17.1 Å². The summed E-state index contributed by atoms with van der Waals surface area (Å²) in [6.45, 7) is 5.57. The van der Waals surface area contributed by atoms with Crippen molar-refractivity contribution < 1.29 is 4.79 Å². The molecule has 2 aliphatic rings. The molecule has 0 aromatic heterocycles. The zero-order chi connectivity index (χ0) is 13.6. The number of carbonyl (C=O) groups is 1. The lowest BCUT2D eigenvalue weighted by atomic mass is 10.0. The molecule has 3 N–H and O–H groups in total. The second-order valence-corrected chi connectivity index (χ2v) is 5.94. The first-order valence-corrected chi connectivity index (χ1v) is 7.05. The molecular weight excluding hydrogens is 238 g/mol. The van der Waals surface area contributed by atoms with E-state index in [4.69, 9.17) is 5.73 Å². The van der Waals surface area contributed by atoms with Crippen molar-refractivity contribution in [3.63, 3.8) is 0 Å². The summed E-state index contributed by atoms with van der Waals surface area (Å²) in [6.07, 6.45) is 2.89. The van der Waals surface area contributed by atoms with Gasteiger partial charge >= 0.3 is 0 Å². The fourth-order valence-electron chi connectivity index (χ4n) is 3.32. The number of rotatable bonds is 2. The average Bonchev–Trinajstić information content (AvgIpc) is 2.92. The van der Waals surface area contributed by atoms with E-state index in [1.54, 1.807) is 0 Å². The Labute approximate surface area is 114 Å². The van der Waals surface area contributed by atoms with Crippen LogP contribution in [0.5, 0.6) is 0 Å². The summed E-state index contributed by atoms with van der Waals surface area (Å²) < 4.78 is 0. The Morgan fingerprint density at radius 1 is 1.42 bits per heavy atom. The Morgan fingerprint density at radius 3 is 2.95 bits per heavy atom. The second kappa shape index (κ2) is 4.44. The minimum atomic E-state index is 0.0633. The first kappa shape index (κ1) is 12.3. The molecule has 4 nitrogen and oxygen atoms in total. The van der Waals surface area contributed by atoms with Gasteiger partial charge in [0.25, 0.3) is 0 Å². The Hall–Kier alpha value is -1.71. The van der Waals surface area contributed by atoms with E-state index in [9.17, 15) is 4.79 Å². The number of carbonyl (C=O) groups excluding carboxylic acids is 1. The van der Waals surface area contributed by atoms with Crippen LogP contribution >= 0.6 is 0 Å². The quantitative estimate of drug-likeness (QED) is 0.802. The van der Waals surface area contributed by atoms with E-state index in [0.29, 0.717) is 18.4 Å².